The number of allylic oxidation sites excluding steroid dienone is 2. The zero-order valence-electron chi connectivity index (χ0n) is 9.89. The molecule has 1 saturated heterocycles. The van der Waals surface area contributed by atoms with E-state index in [1.165, 1.54) is 0 Å². The smallest absolute Gasteiger partial charge is 0.235 e. The Balaban J connectivity index is 2.31. The molecule has 110 valence electrons. The SMILES string of the molecule is CCN1C(=O)C2C(C1=O)C1(Cl)C(Cl)=C(Cl)C2(Cl)C1(Cl)Cl. The summed E-state index contributed by atoms with van der Waals surface area (Å²) in [6.07, 6.45) is 0. The molecule has 1 heterocycles. The van der Waals surface area contributed by atoms with Gasteiger partial charge >= 0.3 is 0 Å². The number of imide groups is 1. The molecular weight excluding hydrogens is 391 g/mol. The van der Waals surface area contributed by atoms with Crippen LogP contribution < -0.4 is 0 Å². The molecule has 0 N–H and O–H groups in total. The van der Waals surface area contributed by atoms with Crippen molar-refractivity contribution >= 4 is 81.4 Å². The molecule has 2 aliphatic carbocycles. The van der Waals surface area contributed by atoms with E-state index in [9.17, 15) is 9.59 Å². The van der Waals surface area contributed by atoms with Gasteiger partial charge in [0.2, 0.25) is 11.8 Å². The molecule has 3 aliphatic rings. The minimum Gasteiger partial charge on any atom is -0.282 e. The fraction of sp³-hybridized carbons (Fsp3) is 0.636. The first-order chi connectivity index (χ1) is 9.08. The molecule has 3 nitrogen and oxygen atoms in total. The van der Waals surface area contributed by atoms with E-state index >= 15 is 0 Å². The van der Waals surface area contributed by atoms with Gasteiger partial charge in [-0.15, -0.1) is 23.2 Å². The summed E-state index contributed by atoms with van der Waals surface area (Å²) >= 11 is 37.8. The van der Waals surface area contributed by atoms with Crippen molar-refractivity contribution in [2.45, 2.75) is 21.0 Å². The van der Waals surface area contributed by atoms with Gasteiger partial charge < -0.3 is 0 Å². The number of rotatable bonds is 1. The zero-order chi connectivity index (χ0) is 15.2. The van der Waals surface area contributed by atoms with Crippen LogP contribution in [-0.4, -0.2) is 37.3 Å². The first kappa shape index (κ1) is 15.5. The summed E-state index contributed by atoms with van der Waals surface area (Å²) < 4.78 is -1.85. The van der Waals surface area contributed by atoms with Crippen molar-refractivity contribution in [1.29, 1.82) is 0 Å². The van der Waals surface area contributed by atoms with Gasteiger partial charge in [-0.3, -0.25) is 14.5 Å². The first-order valence-electron chi connectivity index (χ1n) is 5.75. The van der Waals surface area contributed by atoms with Gasteiger partial charge in [-0.2, -0.15) is 0 Å². The number of hydrogen-bond donors (Lipinski definition) is 0. The van der Waals surface area contributed by atoms with E-state index in [2.05, 4.69) is 0 Å². The van der Waals surface area contributed by atoms with Crippen LogP contribution in [0.5, 0.6) is 0 Å². The Labute approximate surface area is 145 Å². The number of nitrogens with zero attached hydrogens (tertiary/aromatic N) is 1. The average molecular weight is 398 g/mol. The van der Waals surface area contributed by atoms with Crippen molar-refractivity contribution in [1.82, 2.24) is 4.90 Å². The summed E-state index contributed by atoms with van der Waals surface area (Å²) in [5, 5.41) is -0.137. The van der Waals surface area contributed by atoms with E-state index in [0.717, 1.165) is 4.90 Å². The topological polar surface area (TPSA) is 37.4 Å². The second kappa shape index (κ2) is 4.12. The monoisotopic (exact) mass is 395 g/mol. The normalized spacial score (nSPS) is 45.6. The third-order valence-corrected chi connectivity index (χ3v) is 8.58. The van der Waals surface area contributed by atoms with E-state index < -0.39 is 37.7 Å². The standard InChI is InChI=1S/C11H7Cl6NO2/c1-2-18-7(19)3-4(8(18)20)10(15)6(13)5(12)9(3,14)11(10,16)17/h3-4H,2H2,1H3. The van der Waals surface area contributed by atoms with Gasteiger partial charge in [0, 0.05) is 6.54 Å². The summed E-state index contributed by atoms with van der Waals surface area (Å²) in [7, 11) is 0. The largest absolute Gasteiger partial charge is 0.282 e. The number of amides is 2. The van der Waals surface area contributed by atoms with Crippen molar-refractivity contribution in [2.75, 3.05) is 6.54 Å². The molecule has 2 amide bonds. The van der Waals surface area contributed by atoms with Crippen LogP contribution in [0.1, 0.15) is 6.92 Å². The lowest BCUT2D eigenvalue weighted by Crippen LogP contribution is -2.49. The van der Waals surface area contributed by atoms with Crippen molar-refractivity contribution in [3.8, 4) is 0 Å². The average Bonchev–Trinajstić information content (AvgIpc) is 2.75. The molecule has 3 rings (SSSR count). The van der Waals surface area contributed by atoms with Gasteiger partial charge in [-0.05, 0) is 6.92 Å². The van der Waals surface area contributed by atoms with Crippen LogP contribution in [0.4, 0.5) is 0 Å². The molecule has 0 aromatic rings. The molecule has 0 aromatic carbocycles. The summed E-state index contributed by atoms with van der Waals surface area (Å²) in [5.41, 5.74) is 0. The highest BCUT2D eigenvalue weighted by Gasteiger charge is 2.87. The van der Waals surface area contributed by atoms with Crippen molar-refractivity contribution in [3.05, 3.63) is 10.1 Å². The van der Waals surface area contributed by atoms with Crippen LogP contribution in [0.15, 0.2) is 10.1 Å². The van der Waals surface area contributed by atoms with Gasteiger partial charge in [-0.1, -0.05) is 46.4 Å². The minimum absolute atomic E-state index is 0.0683. The number of carbonyl (C=O) groups excluding carboxylic acids is 2. The van der Waals surface area contributed by atoms with Crippen LogP contribution in [0, 0.1) is 11.8 Å². The Morgan fingerprint density at radius 3 is 1.60 bits per heavy atom. The molecule has 1 aliphatic heterocycles. The fourth-order valence-electron chi connectivity index (χ4n) is 3.36. The second-order valence-electron chi connectivity index (χ2n) is 5.00. The highest BCUT2D eigenvalue weighted by Crippen LogP contribution is 2.77. The Morgan fingerprint density at radius 1 is 0.950 bits per heavy atom. The summed E-state index contributed by atoms with van der Waals surface area (Å²) in [6, 6.07) is 0. The predicted octanol–water partition coefficient (Wildman–Crippen LogP) is 3.45. The second-order valence-corrected chi connectivity index (χ2v) is 8.28. The van der Waals surface area contributed by atoms with Crippen LogP contribution in [0.25, 0.3) is 0 Å². The molecule has 2 bridgehead atoms. The minimum atomic E-state index is -1.85. The van der Waals surface area contributed by atoms with Crippen LogP contribution in [0.3, 0.4) is 0 Å². The Hall–Kier alpha value is 0.620. The number of halogens is 6. The maximum Gasteiger partial charge on any atom is 0.235 e. The molecule has 9 heteroatoms. The number of carbonyl (C=O) groups is 2. The lowest BCUT2D eigenvalue weighted by Gasteiger charge is -2.34. The molecule has 0 spiro atoms. The van der Waals surface area contributed by atoms with Crippen LogP contribution in [0.2, 0.25) is 0 Å². The van der Waals surface area contributed by atoms with Gasteiger partial charge in [0.15, 0.2) is 4.33 Å². The van der Waals surface area contributed by atoms with Crippen LogP contribution in [-0.2, 0) is 9.59 Å². The molecule has 0 radical (unpaired) electrons. The van der Waals surface area contributed by atoms with E-state index in [0.29, 0.717) is 0 Å². The number of hydrogen-bond acceptors (Lipinski definition) is 2. The van der Waals surface area contributed by atoms with Gasteiger partial charge in [-0.25, -0.2) is 0 Å². The van der Waals surface area contributed by atoms with E-state index in [1.54, 1.807) is 6.92 Å². The van der Waals surface area contributed by atoms with Gasteiger partial charge in [0.1, 0.15) is 9.75 Å². The first-order valence-corrected chi connectivity index (χ1v) is 8.02. The highest BCUT2D eigenvalue weighted by molar-refractivity contribution is 6.66. The highest BCUT2D eigenvalue weighted by atomic mass is 35.5. The van der Waals surface area contributed by atoms with Crippen molar-refractivity contribution in [3.63, 3.8) is 0 Å². The van der Waals surface area contributed by atoms with E-state index in [-0.39, 0.29) is 16.6 Å². The number of fused-ring (bicyclic) bond motifs is 5. The quantitative estimate of drug-likeness (QED) is 0.502. The van der Waals surface area contributed by atoms with E-state index in [1.807, 2.05) is 0 Å². The molecule has 0 aromatic heterocycles. The van der Waals surface area contributed by atoms with E-state index in [4.69, 9.17) is 69.6 Å². The summed E-state index contributed by atoms with van der Waals surface area (Å²) in [5.74, 6) is -2.99. The molecule has 2 fully saturated rings. The van der Waals surface area contributed by atoms with Gasteiger partial charge in [0.05, 0.1) is 21.9 Å². The molecule has 4 unspecified atom stereocenters. The number of likely N-dealkylation sites (tertiary alicyclic amines) is 1. The van der Waals surface area contributed by atoms with Crippen molar-refractivity contribution in [2.24, 2.45) is 11.8 Å². The maximum absolute atomic E-state index is 12.4. The zero-order valence-corrected chi connectivity index (χ0v) is 14.4. The summed E-state index contributed by atoms with van der Waals surface area (Å²) in [6.45, 7) is 1.88. The third kappa shape index (κ3) is 1.23. The van der Waals surface area contributed by atoms with Crippen LogP contribution >= 0.6 is 69.6 Å². The van der Waals surface area contributed by atoms with Gasteiger partial charge in [0.25, 0.3) is 0 Å². The summed E-state index contributed by atoms with van der Waals surface area (Å²) in [4.78, 5) is 22.5. The van der Waals surface area contributed by atoms with Crippen molar-refractivity contribution < 1.29 is 9.59 Å². The third-order valence-electron chi connectivity index (χ3n) is 4.32. The molecule has 1 saturated carbocycles. The number of alkyl halides is 4. The lowest BCUT2D eigenvalue weighted by atomic mass is 9.84. The fourth-order valence-corrected chi connectivity index (χ4v) is 6.29. The molecule has 4 atom stereocenters. The molecule has 20 heavy (non-hydrogen) atoms. The Kier molecular flexibility index (Phi) is 3.20. The Bertz CT molecular complexity index is 543. The molecular formula is C11H7Cl6NO2. The predicted molar refractivity (Wildman–Crippen MR) is 79.7 cm³/mol. The maximum atomic E-state index is 12.4. The lowest BCUT2D eigenvalue weighted by molar-refractivity contribution is -0.140. The Morgan fingerprint density at radius 2 is 1.30 bits per heavy atom.